The lowest BCUT2D eigenvalue weighted by Crippen LogP contribution is -2.48. The van der Waals surface area contributed by atoms with Crippen LogP contribution in [0.5, 0.6) is 5.88 Å². The first-order chi connectivity index (χ1) is 19.8. The van der Waals surface area contributed by atoms with E-state index in [1.54, 1.807) is 24.5 Å². The van der Waals surface area contributed by atoms with Crippen molar-refractivity contribution < 1.29 is 23.2 Å². The molecule has 236 valence electrons. The fourth-order valence-electron chi connectivity index (χ4n) is 4.38. The fourth-order valence-corrected chi connectivity index (χ4v) is 6.75. The maximum atomic E-state index is 11.5. The zero-order chi connectivity index (χ0) is 32.0. The number of hydrogen-bond acceptors (Lipinski definition) is 10. The maximum Gasteiger partial charge on any atom is 0.276 e. The molecule has 1 aliphatic rings. The van der Waals surface area contributed by atoms with Crippen LogP contribution in [-0.2, 0) is 20.2 Å². The first kappa shape index (κ1) is 33.0. The molecule has 2 N–H and O–H groups in total. The molecule has 3 heterocycles. The van der Waals surface area contributed by atoms with Crippen LogP contribution < -0.4 is 10.5 Å². The molecule has 0 saturated carbocycles. The summed E-state index contributed by atoms with van der Waals surface area (Å²) < 4.78 is 27.9. The SMILES string of the molecule is CC(C)(C)[Si](C)(C)OC[C@H]1O[C@@H](n2cnc3c(OCc4ccccc4[N+](=O)[O-])nc(N)nc32)C[C@@H]1O[Si](C)(C)C(C)(C)C. The van der Waals surface area contributed by atoms with E-state index in [0.29, 0.717) is 29.8 Å². The van der Waals surface area contributed by atoms with Gasteiger partial charge in [-0.15, -0.1) is 0 Å². The number of nitrogens with zero attached hydrogens (tertiary/aromatic N) is 5. The summed E-state index contributed by atoms with van der Waals surface area (Å²) >= 11 is 0. The van der Waals surface area contributed by atoms with E-state index >= 15 is 0 Å². The van der Waals surface area contributed by atoms with Crippen LogP contribution in [0.1, 0.15) is 59.8 Å². The minimum Gasteiger partial charge on any atom is -0.471 e. The van der Waals surface area contributed by atoms with Gasteiger partial charge < -0.3 is 24.1 Å². The van der Waals surface area contributed by atoms with Gasteiger partial charge in [0.15, 0.2) is 27.8 Å². The lowest BCUT2D eigenvalue weighted by Gasteiger charge is -2.40. The normalized spacial score (nSPS) is 20.1. The molecule has 0 aliphatic carbocycles. The Balaban J connectivity index is 1.62. The maximum absolute atomic E-state index is 11.5. The summed E-state index contributed by atoms with van der Waals surface area (Å²) in [5.74, 6) is 0.140. The molecule has 1 fully saturated rings. The van der Waals surface area contributed by atoms with Crippen LogP contribution in [-0.4, -0.2) is 59.9 Å². The van der Waals surface area contributed by atoms with E-state index in [0.717, 1.165) is 0 Å². The lowest BCUT2D eigenvalue weighted by atomic mass is 10.2. The summed E-state index contributed by atoms with van der Waals surface area (Å²) in [4.78, 5) is 24.3. The molecule has 12 nitrogen and oxygen atoms in total. The van der Waals surface area contributed by atoms with Crippen molar-refractivity contribution in [2.24, 2.45) is 0 Å². The summed E-state index contributed by atoms with van der Waals surface area (Å²) in [5, 5.41) is 11.5. The summed E-state index contributed by atoms with van der Waals surface area (Å²) in [5.41, 5.74) is 7.30. The number of nitro benzene ring substituents is 1. The van der Waals surface area contributed by atoms with Crippen LogP contribution in [0.3, 0.4) is 0 Å². The number of imidazole rings is 1. The van der Waals surface area contributed by atoms with Crippen molar-refractivity contribution in [2.75, 3.05) is 12.3 Å². The van der Waals surface area contributed by atoms with Crippen LogP contribution in [0.4, 0.5) is 11.6 Å². The third kappa shape index (κ3) is 7.09. The Morgan fingerprint density at radius 2 is 1.72 bits per heavy atom. The standard InChI is InChI=1S/C29H46N6O6Si2/c1-28(2,3)42(7,8)39-17-22-21(41-43(9,10)29(4,5)6)15-23(40-22)34-18-31-24-25(34)32-27(30)33-26(24)38-16-19-13-11-12-14-20(19)35(36)37/h11-14,18,21-23H,15-17H2,1-10H3,(H2,30,32,33)/t21-,22+,23+/m0/s1. The topological polar surface area (TPSA) is 150 Å². The highest BCUT2D eigenvalue weighted by Gasteiger charge is 2.47. The Hall–Kier alpha value is -2.92. The molecule has 4 rings (SSSR count). The highest BCUT2D eigenvalue weighted by atomic mass is 28.4. The molecule has 3 atom stereocenters. The van der Waals surface area contributed by atoms with Gasteiger partial charge in [0.1, 0.15) is 18.9 Å². The minimum absolute atomic E-state index is 0.00306. The molecule has 0 radical (unpaired) electrons. The van der Waals surface area contributed by atoms with Crippen LogP contribution in [0, 0.1) is 10.1 Å². The molecule has 14 heteroatoms. The molecule has 1 saturated heterocycles. The molecule has 0 spiro atoms. The monoisotopic (exact) mass is 630 g/mol. The van der Waals surface area contributed by atoms with Gasteiger partial charge in [0.2, 0.25) is 11.8 Å². The van der Waals surface area contributed by atoms with Gasteiger partial charge in [-0.05, 0) is 42.3 Å². The Kier molecular flexibility index (Phi) is 9.11. The molecule has 0 bridgehead atoms. The van der Waals surface area contributed by atoms with Crippen LogP contribution >= 0.6 is 0 Å². The fraction of sp³-hybridized carbons (Fsp3) is 0.621. The van der Waals surface area contributed by atoms with Crippen molar-refractivity contribution in [1.29, 1.82) is 0 Å². The Bertz CT molecular complexity index is 1470. The Morgan fingerprint density at radius 3 is 2.35 bits per heavy atom. The average Bonchev–Trinajstić information content (AvgIpc) is 3.48. The van der Waals surface area contributed by atoms with Gasteiger partial charge in [-0.2, -0.15) is 9.97 Å². The zero-order valence-electron chi connectivity index (χ0n) is 27.0. The van der Waals surface area contributed by atoms with E-state index < -0.39 is 27.8 Å². The molecule has 0 unspecified atom stereocenters. The quantitative estimate of drug-likeness (QED) is 0.147. The second-order valence-corrected chi connectivity index (χ2v) is 23.8. The average molecular weight is 631 g/mol. The van der Waals surface area contributed by atoms with E-state index in [9.17, 15) is 10.1 Å². The van der Waals surface area contributed by atoms with Crippen LogP contribution in [0.2, 0.25) is 36.3 Å². The number of aromatic nitrogens is 4. The molecular formula is C29H46N6O6Si2. The number of fused-ring (bicyclic) bond motifs is 1. The first-order valence-corrected chi connectivity index (χ1v) is 20.4. The second kappa shape index (κ2) is 11.9. The number of anilines is 1. The molecule has 2 aromatic heterocycles. The number of nitro groups is 1. The molecule has 43 heavy (non-hydrogen) atoms. The van der Waals surface area contributed by atoms with Crippen LogP contribution in [0.25, 0.3) is 11.2 Å². The van der Waals surface area contributed by atoms with Gasteiger partial charge in [-0.3, -0.25) is 14.7 Å². The summed E-state index contributed by atoms with van der Waals surface area (Å²) in [7, 11) is -4.16. The second-order valence-electron chi connectivity index (χ2n) is 14.2. The highest BCUT2D eigenvalue weighted by molar-refractivity contribution is 6.74. The van der Waals surface area contributed by atoms with E-state index in [1.165, 1.54) is 6.07 Å². The molecule has 1 aliphatic heterocycles. The van der Waals surface area contributed by atoms with Crippen molar-refractivity contribution >= 4 is 39.4 Å². The smallest absolute Gasteiger partial charge is 0.276 e. The number of benzene rings is 1. The van der Waals surface area contributed by atoms with Crippen molar-refractivity contribution in [2.45, 2.75) is 109 Å². The Labute approximate surface area is 255 Å². The van der Waals surface area contributed by atoms with Crippen molar-refractivity contribution in [3.63, 3.8) is 0 Å². The number of rotatable bonds is 10. The van der Waals surface area contributed by atoms with Gasteiger partial charge in [-0.1, -0.05) is 53.7 Å². The predicted octanol–water partition coefficient (Wildman–Crippen LogP) is 6.60. The number of nitrogen functional groups attached to an aromatic ring is 1. The van der Waals surface area contributed by atoms with E-state index in [1.807, 2.05) is 4.57 Å². The van der Waals surface area contributed by atoms with Gasteiger partial charge in [0.05, 0.1) is 29.5 Å². The van der Waals surface area contributed by atoms with Gasteiger partial charge in [-0.25, -0.2) is 4.98 Å². The Morgan fingerprint density at radius 1 is 1.07 bits per heavy atom. The summed E-state index contributed by atoms with van der Waals surface area (Å²) in [6, 6.07) is 6.40. The number of hydrogen-bond donors (Lipinski definition) is 1. The van der Waals surface area contributed by atoms with E-state index in [2.05, 4.69) is 82.7 Å². The molecule has 0 amide bonds. The number of nitrogens with two attached hydrogens (primary N) is 1. The zero-order valence-corrected chi connectivity index (χ0v) is 29.0. The van der Waals surface area contributed by atoms with Gasteiger partial charge >= 0.3 is 0 Å². The third-order valence-electron chi connectivity index (χ3n) is 9.12. The van der Waals surface area contributed by atoms with Crippen molar-refractivity contribution in [1.82, 2.24) is 19.5 Å². The van der Waals surface area contributed by atoms with Gasteiger partial charge in [0, 0.05) is 12.5 Å². The van der Waals surface area contributed by atoms with Gasteiger partial charge in [0.25, 0.3) is 5.69 Å². The third-order valence-corrected chi connectivity index (χ3v) is 18.1. The molecular weight excluding hydrogens is 585 g/mol. The van der Waals surface area contributed by atoms with E-state index in [4.69, 9.17) is 24.1 Å². The lowest BCUT2D eigenvalue weighted by molar-refractivity contribution is -0.385. The largest absolute Gasteiger partial charge is 0.471 e. The molecule has 3 aromatic rings. The molecule has 1 aromatic carbocycles. The summed E-state index contributed by atoms with van der Waals surface area (Å²) in [6.07, 6.45) is 1.34. The highest BCUT2D eigenvalue weighted by Crippen LogP contribution is 2.43. The first-order valence-electron chi connectivity index (χ1n) is 14.6. The van der Waals surface area contributed by atoms with Crippen molar-refractivity contribution in [3.8, 4) is 5.88 Å². The van der Waals surface area contributed by atoms with Crippen LogP contribution in [0.15, 0.2) is 30.6 Å². The number of para-hydroxylation sites is 1. The van der Waals surface area contributed by atoms with Crippen molar-refractivity contribution in [3.05, 3.63) is 46.3 Å². The van der Waals surface area contributed by atoms with E-state index in [-0.39, 0.29) is 46.4 Å². The number of ether oxygens (including phenoxy) is 2. The minimum atomic E-state index is -2.13. The predicted molar refractivity (Wildman–Crippen MR) is 171 cm³/mol. The summed E-state index contributed by atoms with van der Waals surface area (Å²) in [6.45, 7) is 22.6.